The highest BCUT2D eigenvalue weighted by Crippen LogP contribution is 2.24. The van der Waals surface area contributed by atoms with Crippen LogP contribution in [0.1, 0.15) is 10.4 Å². The number of nitrogens with one attached hydrogen (secondary N) is 1. The first-order chi connectivity index (χ1) is 11.1. The maximum atomic E-state index is 13.6. The number of hydrogen-bond donors (Lipinski definition) is 1. The third-order valence-electron chi connectivity index (χ3n) is 3.07. The van der Waals surface area contributed by atoms with Crippen molar-refractivity contribution in [1.29, 1.82) is 0 Å². The average Bonchev–Trinajstić information content (AvgIpc) is 3.08. The molecule has 3 rings (SSSR count). The summed E-state index contributed by atoms with van der Waals surface area (Å²) < 4.78 is 43.4. The SMILES string of the molecule is O=C(Nc1ccc(-c2cnns2)cc1)c1ccc(F)c(F)c1F. The molecule has 2 aromatic carbocycles. The number of amides is 1. The highest BCUT2D eigenvalue weighted by Gasteiger charge is 2.18. The van der Waals surface area contributed by atoms with E-state index in [2.05, 4.69) is 14.9 Å². The summed E-state index contributed by atoms with van der Waals surface area (Å²) in [5.41, 5.74) is 0.678. The summed E-state index contributed by atoms with van der Waals surface area (Å²) in [6.07, 6.45) is 1.61. The number of carbonyl (C=O) groups excluding carboxylic acids is 1. The summed E-state index contributed by atoms with van der Waals surface area (Å²) in [6, 6.07) is 8.25. The van der Waals surface area contributed by atoms with Gasteiger partial charge in [-0.05, 0) is 41.4 Å². The monoisotopic (exact) mass is 335 g/mol. The van der Waals surface area contributed by atoms with Crippen molar-refractivity contribution in [2.24, 2.45) is 0 Å². The fourth-order valence-corrected chi connectivity index (χ4v) is 2.43. The first-order valence-corrected chi connectivity index (χ1v) is 7.16. The molecule has 1 N–H and O–H groups in total. The van der Waals surface area contributed by atoms with Crippen LogP contribution in [0.5, 0.6) is 0 Å². The molecule has 0 saturated carbocycles. The Bertz CT molecular complexity index is 851. The molecule has 1 amide bonds. The summed E-state index contributed by atoms with van der Waals surface area (Å²) in [5, 5.41) is 6.15. The average molecular weight is 335 g/mol. The Balaban J connectivity index is 1.79. The molecular formula is C15H8F3N3OS. The topological polar surface area (TPSA) is 54.9 Å². The molecule has 1 heterocycles. The zero-order valence-electron chi connectivity index (χ0n) is 11.4. The van der Waals surface area contributed by atoms with Gasteiger partial charge in [0, 0.05) is 5.69 Å². The third-order valence-corrected chi connectivity index (χ3v) is 3.78. The summed E-state index contributed by atoms with van der Waals surface area (Å²) in [5.74, 6) is -5.41. The second-order valence-corrected chi connectivity index (χ2v) is 5.32. The Kier molecular flexibility index (Phi) is 4.07. The number of nitrogens with zero attached hydrogens (tertiary/aromatic N) is 2. The number of carbonyl (C=O) groups is 1. The summed E-state index contributed by atoms with van der Waals surface area (Å²) in [6.45, 7) is 0. The van der Waals surface area contributed by atoms with E-state index >= 15 is 0 Å². The van der Waals surface area contributed by atoms with Crippen molar-refractivity contribution >= 4 is 23.1 Å². The molecule has 8 heteroatoms. The normalized spacial score (nSPS) is 10.6. The first kappa shape index (κ1) is 15.2. The molecule has 0 aliphatic rings. The van der Waals surface area contributed by atoms with E-state index in [0.717, 1.165) is 16.5 Å². The van der Waals surface area contributed by atoms with Gasteiger partial charge in [-0.3, -0.25) is 4.79 Å². The molecule has 0 fully saturated rings. The van der Waals surface area contributed by atoms with Gasteiger partial charge in [-0.15, -0.1) is 5.10 Å². The maximum Gasteiger partial charge on any atom is 0.258 e. The highest BCUT2D eigenvalue weighted by molar-refractivity contribution is 7.09. The van der Waals surface area contributed by atoms with Crippen molar-refractivity contribution in [3.05, 3.63) is 65.6 Å². The lowest BCUT2D eigenvalue weighted by Gasteiger charge is -2.07. The Morgan fingerprint density at radius 3 is 2.39 bits per heavy atom. The van der Waals surface area contributed by atoms with Crippen LogP contribution in [-0.2, 0) is 0 Å². The number of anilines is 1. The second kappa shape index (κ2) is 6.17. The van der Waals surface area contributed by atoms with E-state index in [1.165, 1.54) is 11.5 Å². The lowest BCUT2D eigenvalue weighted by atomic mass is 10.1. The van der Waals surface area contributed by atoms with Gasteiger partial charge in [0.1, 0.15) is 0 Å². The Morgan fingerprint density at radius 1 is 1.00 bits per heavy atom. The molecule has 0 spiro atoms. The number of aromatic nitrogens is 2. The van der Waals surface area contributed by atoms with E-state index in [4.69, 9.17) is 0 Å². The molecule has 1 aromatic heterocycles. The Labute approximate surface area is 132 Å². The molecule has 0 saturated heterocycles. The molecule has 0 aliphatic heterocycles. The van der Waals surface area contributed by atoms with Gasteiger partial charge in [0.15, 0.2) is 17.5 Å². The van der Waals surface area contributed by atoms with Crippen molar-refractivity contribution in [2.75, 3.05) is 5.32 Å². The van der Waals surface area contributed by atoms with Crippen LogP contribution >= 0.6 is 11.5 Å². The van der Waals surface area contributed by atoms with E-state index in [-0.39, 0.29) is 0 Å². The molecule has 0 atom stereocenters. The van der Waals surface area contributed by atoms with E-state index in [9.17, 15) is 18.0 Å². The zero-order valence-corrected chi connectivity index (χ0v) is 12.2. The molecular weight excluding hydrogens is 327 g/mol. The molecule has 0 radical (unpaired) electrons. The molecule has 3 aromatic rings. The van der Waals surface area contributed by atoms with E-state index < -0.39 is 28.9 Å². The van der Waals surface area contributed by atoms with Crippen LogP contribution in [-0.4, -0.2) is 15.5 Å². The number of halogens is 3. The van der Waals surface area contributed by atoms with Gasteiger partial charge >= 0.3 is 0 Å². The second-order valence-electron chi connectivity index (χ2n) is 4.54. The van der Waals surface area contributed by atoms with Crippen LogP contribution in [0, 0.1) is 17.5 Å². The van der Waals surface area contributed by atoms with Gasteiger partial charge in [0.2, 0.25) is 0 Å². The molecule has 116 valence electrons. The van der Waals surface area contributed by atoms with Crippen molar-refractivity contribution in [3.63, 3.8) is 0 Å². The summed E-state index contributed by atoms with van der Waals surface area (Å²) in [7, 11) is 0. The quantitative estimate of drug-likeness (QED) is 0.739. The Morgan fingerprint density at radius 2 is 1.74 bits per heavy atom. The summed E-state index contributed by atoms with van der Waals surface area (Å²) in [4.78, 5) is 12.8. The van der Waals surface area contributed by atoms with Crippen molar-refractivity contribution in [3.8, 4) is 10.4 Å². The predicted molar refractivity (Wildman–Crippen MR) is 79.6 cm³/mol. The van der Waals surface area contributed by atoms with Gasteiger partial charge in [-0.25, -0.2) is 13.2 Å². The minimum Gasteiger partial charge on any atom is -0.322 e. The van der Waals surface area contributed by atoms with Crippen molar-refractivity contribution in [1.82, 2.24) is 9.59 Å². The van der Waals surface area contributed by atoms with Gasteiger partial charge in [0.25, 0.3) is 5.91 Å². The molecule has 0 bridgehead atoms. The van der Waals surface area contributed by atoms with E-state index in [1.807, 2.05) is 0 Å². The largest absolute Gasteiger partial charge is 0.322 e. The van der Waals surface area contributed by atoms with Gasteiger partial charge in [0.05, 0.1) is 16.6 Å². The number of rotatable bonds is 3. The smallest absolute Gasteiger partial charge is 0.258 e. The third kappa shape index (κ3) is 3.07. The first-order valence-electron chi connectivity index (χ1n) is 6.39. The summed E-state index contributed by atoms with van der Waals surface area (Å²) >= 11 is 1.22. The van der Waals surface area contributed by atoms with Crippen molar-refractivity contribution < 1.29 is 18.0 Å². The standard InChI is InChI=1S/C15H8F3N3OS/c16-11-6-5-10(13(17)14(11)18)15(22)20-9-3-1-8(2-4-9)12-7-19-21-23-12/h1-7H,(H,20,22). The van der Waals surface area contributed by atoms with Crippen LogP contribution < -0.4 is 5.32 Å². The highest BCUT2D eigenvalue weighted by atomic mass is 32.1. The number of hydrogen-bond acceptors (Lipinski definition) is 4. The van der Waals surface area contributed by atoms with Crippen LogP contribution in [0.4, 0.5) is 18.9 Å². The van der Waals surface area contributed by atoms with E-state index in [0.29, 0.717) is 11.8 Å². The molecule has 4 nitrogen and oxygen atoms in total. The molecule has 23 heavy (non-hydrogen) atoms. The minimum absolute atomic E-state index is 0.389. The van der Waals surface area contributed by atoms with Crippen LogP contribution in [0.2, 0.25) is 0 Å². The fraction of sp³-hybridized carbons (Fsp3) is 0. The number of benzene rings is 2. The maximum absolute atomic E-state index is 13.6. The predicted octanol–water partition coefficient (Wildman–Crippen LogP) is 3.87. The van der Waals surface area contributed by atoms with Gasteiger partial charge in [-0.2, -0.15) is 0 Å². The van der Waals surface area contributed by atoms with Crippen LogP contribution in [0.3, 0.4) is 0 Å². The molecule has 0 aliphatic carbocycles. The van der Waals surface area contributed by atoms with E-state index in [1.54, 1.807) is 30.5 Å². The molecule has 0 unspecified atom stereocenters. The lowest BCUT2D eigenvalue weighted by Crippen LogP contribution is -2.15. The minimum atomic E-state index is -1.68. The van der Waals surface area contributed by atoms with Crippen LogP contribution in [0.15, 0.2) is 42.6 Å². The van der Waals surface area contributed by atoms with Crippen LogP contribution in [0.25, 0.3) is 10.4 Å². The van der Waals surface area contributed by atoms with Gasteiger partial charge < -0.3 is 5.32 Å². The van der Waals surface area contributed by atoms with Gasteiger partial charge in [-0.1, -0.05) is 16.6 Å². The fourth-order valence-electron chi connectivity index (χ4n) is 1.91. The Hall–Kier alpha value is -2.74. The lowest BCUT2D eigenvalue weighted by molar-refractivity contribution is 0.102. The van der Waals surface area contributed by atoms with Crippen molar-refractivity contribution in [2.45, 2.75) is 0 Å². The zero-order chi connectivity index (χ0) is 16.4.